The van der Waals surface area contributed by atoms with Gasteiger partial charge in [0.2, 0.25) is 0 Å². The zero-order chi connectivity index (χ0) is 12.6. The van der Waals surface area contributed by atoms with Crippen molar-refractivity contribution in [2.45, 2.75) is 38.5 Å². The van der Waals surface area contributed by atoms with Gasteiger partial charge in [-0.15, -0.1) is 0 Å². The Morgan fingerprint density at radius 3 is 3.11 bits per heavy atom. The summed E-state index contributed by atoms with van der Waals surface area (Å²) in [5, 5.41) is 3.64. The first kappa shape index (κ1) is 14.0. The second-order valence-corrected chi connectivity index (χ2v) is 6.44. The van der Waals surface area contributed by atoms with Crippen LogP contribution in [0, 0.1) is 0 Å². The molecule has 100 valence electrons. The molecule has 0 saturated heterocycles. The molecule has 0 spiro atoms. The number of thioether (sulfide) groups is 1. The lowest BCUT2D eigenvalue weighted by Gasteiger charge is -2.25. The van der Waals surface area contributed by atoms with E-state index in [0.29, 0.717) is 0 Å². The summed E-state index contributed by atoms with van der Waals surface area (Å²) in [5.41, 5.74) is 3.18. The van der Waals surface area contributed by atoms with E-state index >= 15 is 0 Å². The quantitative estimate of drug-likeness (QED) is 0.750. The van der Waals surface area contributed by atoms with Crippen molar-refractivity contribution in [3.8, 4) is 0 Å². The summed E-state index contributed by atoms with van der Waals surface area (Å²) in [4.78, 5) is 0. The molecular weight excluding hydrogens is 238 g/mol. The summed E-state index contributed by atoms with van der Waals surface area (Å²) in [6.45, 7) is 4.57. The summed E-state index contributed by atoms with van der Waals surface area (Å²) < 4.78 is 0. The summed E-state index contributed by atoms with van der Waals surface area (Å²) in [5.74, 6) is 3.29. The fraction of sp³-hybridized carbons (Fsp3) is 0.625. The van der Waals surface area contributed by atoms with Crippen LogP contribution in [0.15, 0.2) is 24.3 Å². The molecular formula is C16H25NS. The molecule has 1 unspecified atom stereocenters. The van der Waals surface area contributed by atoms with Gasteiger partial charge in [-0.3, -0.25) is 0 Å². The molecule has 0 radical (unpaired) electrons. The van der Waals surface area contributed by atoms with E-state index in [4.69, 9.17) is 0 Å². The minimum Gasteiger partial charge on any atom is -0.316 e. The molecule has 1 aliphatic carbocycles. The van der Waals surface area contributed by atoms with Crippen LogP contribution in [0.25, 0.3) is 0 Å². The normalized spacial score (nSPS) is 18.6. The van der Waals surface area contributed by atoms with Gasteiger partial charge in [-0.25, -0.2) is 0 Å². The van der Waals surface area contributed by atoms with Crippen molar-refractivity contribution in [2.24, 2.45) is 0 Å². The maximum atomic E-state index is 3.64. The molecule has 0 fully saturated rings. The largest absolute Gasteiger partial charge is 0.316 e. The van der Waals surface area contributed by atoms with Crippen molar-refractivity contribution >= 4 is 11.8 Å². The van der Waals surface area contributed by atoms with Crippen molar-refractivity contribution in [2.75, 3.05) is 24.6 Å². The third kappa shape index (κ3) is 4.03. The van der Waals surface area contributed by atoms with Gasteiger partial charge >= 0.3 is 0 Å². The first-order chi connectivity index (χ1) is 8.92. The highest BCUT2D eigenvalue weighted by atomic mass is 32.2. The Labute approximate surface area is 116 Å². The molecule has 0 heterocycles. The van der Waals surface area contributed by atoms with E-state index in [2.05, 4.69) is 36.5 Å². The van der Waals surface area contributed by atoms with E-state index in [0.717, 1.165) is 12.5 Å². The number of fused-ring (bicyclic) bond motifs is 1. The lowest BCUT2D eigenvalue weighted by molar-refractivity contribution is 0.508. The van der Waals surface area contributed by atoms with Crippen LogP contribution in [-0.2, 0) is 6.42 Å². The Kier molecular flexibility index (Phi) is 6.09. The van der Waals surface area contributed by atoms with Gasteiger partial charge in [-0.2, -0.15) is 11.8 Å². The predicted molar refractivity (Wildman–Crippen MR) is 82.6 cm³/mol. The highest BCUT2D eigenvalue weighted by molar-refractivity contribution is 7.99. The van der Waals surface area contributed by atoms with E-state index in [1.165, 1.54) is 43.7 Å². The Morgan fingerprint density at radius 2 is 2.22 bits per heavy atom. The Morgan fingerprint density at radius 1 is 1.33 bits per heavy atom. The van der Waals surface area contributed by atoms with Crippen LogP contribution in [0.2, 0.25) is 0 Å². The van der Waals surface area contributed by atoms with E-state index in [1.54, 1.807) is 11.1 Å². The average Bonchev–Trinajstić information content (AvgIpc) is 2.43. The standard InChI is InChI=1S/C16H25NS/c1-2-18-12-6-11-17-13-15-9-5-8-14-7-3-4-10-16(14)15/h3-4,7,10,15,17H,2,5-6,8-9,11-13H2,1H3. The van der Waals surface area contributed by atoms with Gasteiger partial charge in [0, 0.05) is 6.54 Å². The highest BCUT2D eigenvalue weighted by Crippen LogP contribution is 2.30. The predicted octanol–water partition coefficient (Wildman–Crippen LogP) is 3.84. The van der Waals surface area contributed by atoms with Crippen molar-refractivity contribution in [1.82, 2.24) is 5.32 Å². The summed E-state index contributed by atoms with van der Waals surface area (Å²) in [6, 6.07) is 9.00. The van der Waals surface area contributed by atoms with Crippen molar-refractivity contribution in [1.29, 1.82) is 0 Å². The highest BCUT2D eigenvalue weighted by Gasteiger charge is 2.18. The van der Waals surface area contributed by atoms with E-state index in [9.17, 15) is 0 Å². The maximum Gasteiger partial charge on any atom is 0.00202 e. The van der Waals surface area contributed by atoms with E-state index in [1.807, 2.05) is 11.8 Å². The molecule has 1 N–H and O–H groups in total. The van der Waals surface area contributed by atoms with Crippen LogP contribution in [-0.4, -0.2) is 24.6 Å². The summed E-state index contributed by atoms with van der Waals surface area (Å²) in [6.07, 6.45) is 5.29. The molecule has 18 heavy (non-hydrogen) atoms. The van der Waals surface area contributed by atoms with Crippen LogP contribution in [0.1, 0.15) is 43.2 Å². The molecule has 2 rings (SSSR count). The minimum absolute atomic E-state index is 0.744. The average molecular weight is 263 g/mol. The van der Waals surface area contributed by atoms with Gasteiger partial charge in [0.25, 0.3) is 0 Å². The topological polar surface area (TPSA) is 12.0 Å². The Bertz CT molecular complexity index is 351. The number of nitrogens with one attached hydrogen (secondary N) is 1. The fourth-order valence-corrected chi connectivity index (χ4v) is 3.42. The molecule has 1 aromatic carbocycles. The molecule has 0 amide bonds. The first-order valence-corrected chi connectivity index (χ1v) is 8.43. The maximum absolute atomic E-state index is 3.64. The molecule has 1 aliphatic rings. The monoisotopic (exact) mass is 263 g/mol. The number of rotatable bonds is 7. The third-order valence-corrected chi connectivity index (χ3v) is 4.72. The minimum atomic E-state index is 0.744. The lowest BCUT2D eigenvalue weighted by atomic mass is 9.83. The van der Waals surface area contributed by atoms with E-state index in [-0.39, 0.29) is 0 Å². The molecule has 0 bridgehead atoms. The molecule has 0 saturated carbocycles. The molecule has 1 aromatic rings. The van der Waals surface area contributed by atoms with Gasteiger partial charge in [0.15, 0.2) is 0 Å². The first-order valence-electron chi connectivity index (χ1n) is 7.28. The second kappa shape index (κ2) is 7.85. The lowest BCUT2D eigenvalue weighted by Crippen LogP contribution is -2.25. The number of benzene rings is 1. The fourth-order valence-electron chi connectivity index (χ4n) is 2.79. The Hall–Kier alpha value is -0.470. The zero-order valence-corrected chi connectivity index (χ0v) is 12.3. The van der Waals surface area contributed by atoms with Gasteiger partial charge < -0.3 is 5.32 Å². The molecule has 1 nitrogen and oxygen atoms in total. The van der Waals surface area contributed by atoms with Crippen molar-refractivity contribution in [3.05, 3.63) is 35.4 Å². The summed E-state index contributed by atoms with van der Waals surface area (Å²) >= 11 is 2.04. The van der Waals surface area contributed by atoms with Gasteiger partial charge in [-0.05, 0) is 60.8 Å². The molecule has 1 atom stereocenters. The van der Waals surface area contributed by atoms with Crippen LogP contribution >= 0.6 is 11.8 Å². The summed E-state index contributed by atoms with van der Waals surface area (Å²) in [7, 11) is 0. The van der Waals surface area contributed by atoms with Crippen LogP contribution in [0.4, 0.5) is 0 Å². The second-order valence-electron chi connectivity index (χ2n) is 5.04. The van der Waals surface area contributed by atoms with Gasteiger partial charge in [-0.1, -0.05) is 31.2 Å². The molecule has 2 heteroatoms. The van der Waals surface area contributed by atoms with Gasteiger partial charge in [0.05, 0.1) is 0 Å². The van der Waals surface area contributed by atoms with Gasteiger partial charge in [0.1, 0.15) is 0 Å². The zero-order valence-electron chi connectivity index (χ0n) is 11.5. The Balaban J connectivity index is 1.74. The SMILES string of the molecule is CCSCCCNCC1CCCc2ccccc21. The smallest absolute Gasteiger partial charge is 0.00202 e. The number of hydrogen-bond donors (Lipinski definition) is 1. The molecule has 0 aromatic heterocycles. The third-order valence-electron chi connectivity index (χ3n) is 3.73. The number of hydrogen-bond acceptors (Lipinski definition) is 2. The van der Waals surface area contributed by atoms with Crippen LogP contribution < -0.4 is 5.32 Å². The van der Waals surface area contributed by atoms with Crippen molar-refractivity contribution < 1.29 is 0 Å². The van der Waals surface area contributed by atoms with Crippen LogP contribution in [0.3, 0.4) is 0 Å². The number of aryl methyl sites for hydroxylation is 1. The van der Waals surface area contributed by atoms with E-state index < -0.39 is 0 Å². The van der Waals surface area contributed by atoms with Crippen molar-refractivity contribution in [3.63, 3.8) is 0 Å². The molecule has 0 aliphatic heterocycles. The van der Waals surface area contributed by atoms with Crippen LogP contribution in [0.5, 0.6) is 0 Å².